The summed E-state index contributed by atoms with van der Waals surface area (Å²) >= 11 is 0. The highest BCUT2D eigenvalue weighted by atomic mass is 19.1. The third kappa shape index (κ3) is 9.18. The molecule has 3 aromatic rings. The molecular weight excluding hydrogens is 685 g/mol. The van der Waals surface area contributed by atoms with Crippen LogP contribution in [0, 0.1) is 5.82 Å². The highest BCUT2D eigenvalue weighted by molar-refractivity contribution is 6.11. The van der Waals surface area contributed by atoms with Gasteiger partial charge in [0.2, 0.25) is 5.75 Å². The standard InChI is InChI=1S/C36H42FN3O12/c1-39(2)25-13-14-27(50-19-46-3)30(31(25)37)32(41)21-9-11-22(12-10-21)35(43)52-26-8-7-15-40(36(44)45)18-24(26)38-34(42)23-16-28(48-5)33(51-20-47-4)29(17-23)49-6/h9-14,16-17,24,26H,7-8,15,18-20H2,1-6H3,(H,38,42)(H,44,45)/t24-,26-/m1/s1. The van der Waals surface area contributed by atoms with Crippen molar-refractivity contribution >= 4 is 29.4 Å². The van der Waals surface area contributed by atoms with Crippen LogP contribution in [0.3, 0.4) is 0 Å². The summed E-state index contributed by atoms with van der Waals surface area (Å²) in [7, 11) is 8.89. The minimum Gasteiger partial charge on any atom is -0.493 e. The second-order valence-electron chi connectivity index (χ2n) is 11.8. The summed E-state index contributed by atoms with van der Waals surface area (Å²) in [5.41, 5.74) is 0.130. The Morgan fingerprint density at radius 2 is 1.48 bits per heavy atom. The van der Waals surface area contributed by atoms with E-state index in [1.54, 1.807) is 14.1 Å². The van der Waals surface area contributed by atoms with Gasteiger partial charge in [0.1, 0.15) is 17.4 Å². The lowest BCUT2D eigenvalue weighted by atomic mass is 9.99. The van der Waals surface area contributed by atoms with Crippen molar-refractivity contribution in [2.24, 2.45) is 0 Å². The highest BCUT2D eigenvalue weighted by Crippen LogP contribution is 2.39. The van der Waals surface area contributed by atoms with Crippen molar-refractivity contribution in [1.29, 1.82) is 0 Å². The maximum Gasteiger partial charge on any atom is 0.407 e. The second-order valence-corrected chi connectivity index (χ2v) is 11.8. The van der Waals surface area contributed by atoms with Crippen molar-refractivity contribution in [3.8, 4) is 23.0 Å². The van der Waals surface area contributed by atoms with Crippen molar-refractivity contribution in [2.45, 2.75) is 25.0 Å². The molecule has 0 aromatic heterocycles. The van der Waals surface area contributed by atoms with Crippen LogP contribution in [0.25, 0.3) is 0 Å². The van der Waals surface area contributed by atoms with Crippen LogP contribution in [0.2, 0.25) is 0 Å². The number of ether oxygens (including phenoxy) is 7. The average molecular weight is 728 g/mol. The van der Waals surface area contributed by atoms with Crippen molar-refractivity contribution in [3.63, 3.8) is 0 Å². The third-order valence-corrected chi connectivity index (χ3v) is 8.18. The molecule has 1 saturated heterocycles. The molecule has 0 aliphatic carbocycles. The summed E-state index contributed by atoms with van der Waals surface area (Å²) in [5.74, 6) is -2.28. The Hall–Kier alpha value is -5.61. The van der Waals surface area contributed by atoms with Gasteiger partial charge in [-0.25, -0.2) is 14.0 Å². The minimum absolute atomic E-state index is 0.0115. The number of amides is 2. The molecule has 0 unspecified atom stereocenters. The molecule has 3 aromatic carbocycles. The van der Waals surface area contributed by atoms with Crippen LogP contribution in [0.1, 0.15) is 49.5 Å². The lowest BCUT2D eigenvalue weighted by Gasteiger charge is -2.28. The number of rotatable bonds is 15. The zero-order valence-corrected chi connectivity index (χ0v) is 29.7. The summed E-state index contributed by atoms with van der Waals surface area (Å²) in [6.07, 6.45) is -1.54. The number of carbonyl (C=O) groups is 4. The molecule has 1 fully saturated rings. The van der Waals surface area contributed by atoms with Crippen LogP contribution in [0.15, 0.2) is 48.5 Å². The minimum atomic E-state index is -1.20. The van der Waals surface area contributed by atoms with Crippen molar-refractivity contribution in [3.05, 3.63) is 76.6 Å². The zero-order valence-electron chi connectivity index (χ0n) is 29.7. The molecule has 1 aliphatic heterocycles. The number of benzene rings is 3. The summed E-state index contributed by atoms with van der Waals surface area (Å²) in [6.45, 7) is -0.329. The van der Waals surface area contributed by atoms with Crippen LogP contribution in [-0.2, 0) is 14.2 Å². The molecule has 15 nitrogen and oxygen atoms in total. The van der Waals surface area contributed by atoms with Crippen LogP contribution >= 0.6 is 0 Å². The number of ketones is 1. The van der Waals surface area contributed by atoms with E-state index in [1.165, 1.54) is 81.9 Å². The first-order chi connectivity index (χ1) is 24.9. The van der Waals surface area contributed by atoms with Crippen molar-refractivity contribution < 1.29 is 61.8 Å². The molecule has 16 heteroatoms. The van der Waals surface area contributed by atoms with Gasteiger partial charge in [-0.3, -0.25) is 9.59 Å². The van der Waals surface area contributed by atoms with Gasteiger partial charge in [0.05, 0.1) is 31.5 Å². The van der Waals surface area contributed by atoms with E-state index >= 15 is 4.39 Å². The predicted octanol–water partition coefficient (Wildman–Crippen LogP) is 4.20. The fraction of sp³-hybridized carbons (Fsp3) is 0.389. The molecule has 2 N–H and O–H groups in total. The van der Waals surface area contributed by atoms with Gasteiger partial charge in [-0.05, 0) is 49.2 Å². The van der Waals surface area contributed by atoms with E-state index in [-0.39, 0.29) is 84.0 Å². The molecule has 280 valence electrons. The van der Waals surface area contributed by atoms with Gasteiger partial charge < -0.3 is 53.4 Å². The molecule has 2 amide bonds. The SMILES string of the molecule is COCOc1ccc(N(C)C)c(F)c1C(=O)c1ccc(C(=O)O[C@@H]2CCCN(C(=O)O)C[C@H]2NC(=O)c2cc(OC)c(OCOC)c(OC)c2)cc1. The molecule has 52 heavy (non-hydrogen) atoms. The Balaban J connectivity index is 1.57. The van der Waals surface area contributed by atoms with Crippen LogP contribution < -0.4 is 29.2 Å². The van der Waals surface area contributed by atoms with E-state index in [2.05, 4.69) is 5.32 Å². The molecule has 1 aliphatic rings. The van der Waals surface area contributed by atoms with Gasteiger partial charge in [-0.1, -0.05) is 12.1 Å². The number of methoxy groups -OCH3 is 4. The highest BCUT2D eigenvalue weighted by Gasteiger charge is 2.34. The predicted molar refractivity (Wildman–Crippen MR) is 184 cm³/mol. The van der Waals surface area contributed by atoms with E-state index in [0.717, 1.165) is 4.90 Å². The number of halogens is 1. The van der Waals surface area contributed by atoms with Gasteiger partial charge in [0.25, 0.3) is 5.91 Å². The zero-order chi connectivity index (χ0) is 37.9. The number of nitrogens with one attached hydrogen (secondary N) is 1. The Bertz CT molecular complexity index is 1730. The first-order valence-corrected chi connectivity index (χ1v) is 16.1. The van der Waals surface area contributed by atoms with Gasteiger partial charge in [-0.15, -0.1) is 0 Å². The Labute approximate surface area is 300 Å². The first-order valence-electron chi connectivity index (χ1n) is 16.1. The number of carbonyl (C=O) groups excluding carboxylic acids is 3. The van der Waals surface area contributed by atoms with Gasteiger partial charge >= 0.3 is 12.1 Å². The van der Waals surface area contributed by atoms with E-state index in [1.807, 2.05) is 0 Å². The molecule has 0 spiro atoms. The van der Waals surface area contributed by atoms with Crippen LogP contribution in [0.4, 0.5) is 14.9 Å². The van der Waals surface area contributed by atoms with Crippen LogP contribution in [0.5, 0.6) is 23.0 Å². The molecule has 1 heterocycles. The Kier molecular flexibility index (Phi) is 13.6. The van der Waals surface area contributed by atoms with E-state index < -0.39 is 41.7 Å². The molecule has 0 radical (unpaired) electrons. The number of hydrogen-bond donors (Lipinski definition) is 2. The Morgan fingerprint density at radius 1 is 0.865 bits per heavy atom. The number of esters is 1. The number of nitrogens with zero attached hydrogens (tertiary/aromatic N) is 2. The van der Waals surface area contributed by atoms with Crippen molar-refractivity contribution in [1.82, 2.24) is 10.2 Å². The summed E-state index contributed by atoms with van der Waals surface area (Å²) < 4.78 is 53.1. The number of anilines is 1. The molecule has 4 rings (SSSR count). The monoisotopic (exact) mass is 727 g/mol. The van der Waals surface area contributed by atoms with E-state index in [0.29, 0.717) is 6.42 Å². The van der Waals surface area contributed by atoms with E-state index in [4.69, 9.17) is 33.2 Å². The first kappa shape index (κ1) is 39.2. The molecule has 0 bridgehead atoms. The largest absolute Gasteiger partial charge is 0.493 e. The summed E-state index contributed by atoms with van der Waals surface area (Å²) in [6, 6.07) is 10.3. The second kappa shape index (κ2) is 18.1. The molecule has 2 atom stereocenters. The van der Waals surface area contributed by atoms with Gasteiger partial charge in [-0.2, -0.15) is 0 Å². The maximum atomic E-state index is 15.5. The molecular formula is C36H42FN3O12. The van der Waals surface area contributed by atoms with Gasteiger partial charge in [0, 0.05) is 52.5 Å². The van der Waals surface area contributed by atoms with Crippen molar-refractivity contribution in [2.75, 3.05) is 74.1 Å². The topological polar surface area (TPSA) is 172 Å². The number of likely N-dealkylation sites (tertiary alicyclic amines) is 1. The summed E-state index contributed by atoms with van der Waals surface area (Å²) in [4.78, 5) is 55.2. The number of hydrogen-bond acceptors (Lipinski definition) is 12. The van der Waals surface area contributed by atoms with E-state index in [9.17, 15) is 24.3 Å². The normalized spacial score (nSPS) is 15.6. The maximum absolute atomic E-state index is 15.5. The quantitative estimate of drug-likeness (QED) is 0.130. The fourth-order valence-electron chi connectivity index (χ4n) is 5.56. The van der Waals surface area contributed by atoms with Gasteiger partial charge in [0.15, 0.2) is 36.7 Å². The fourth-order valence-corrected chi connectivity index (χ4v) is 5.56. The lowest BCUT2D eigenvalue weighted by molar-refractivity contribution is 0.0178. The average Bonchev–Trinajstić information content (AvgIpc) is 3.34. The molecule has 0 saturated carbocycles. The lowest BCUT2D eigenvalue weighted by Crippen LogP contribution is -2.51. The third-order valence-electron chi connectivity index (χ3n) is 8.18. The van der Waals surface area contributed by atoms with Crippen LogP contribution in [-0.4, -0.2) is 115 Å². The Morgan fingerprint density at radius 3 is 2.06 bits per heavy atom. The summed E-state index contributed by atoms with van der Waals surface area (Å²) in [5, 5.41) is 12.6. The number of carboxylic acid groups (broad SMARTS) is 1. The smallest absolute Gasteiger partial charge is 0.407 e.